The highest BCUT2D eigenvalue weighted by atomic mass is 35.5. The molecule has 0 spiro atoms. The average Bonchev–Trinajstić information content (AvgIpc) is 2.32. The van der Waals surface area contributed by atoms with Crippen LogP contribution in [0.1, 0.15) is 29.9 Å². The first-order valence-electron chi connectivity index (χ1n) is 6.89. The minimum atomic E-state index is -0.182. The van der Waals surface area contributed by atoms with E-state index in [2.05, 4.69) is 11.4 Å². The summed E-state index contributed by atoms with van der Waals surface area (Å²) in [5.41, 5.74) is 3.11. The maximum Gasteiger partial charge on any atom is 0.125 e. The highest BCUT2D eigenvalue weighted by molar-refractivity contribution is 6.30. The van der Waals surface area contributed by atoms with Gasteiger partial charge in [0.2, 0.25) is 0 Å². The van der Waals surface area contributed by atoms with Gasteiger partial charge in [-0.15, -0.1) is 0 Å². The molecule has 3 heteroatoms. The van der Waals surface area contributed by atoms with E-state index in [1.165, 1.54) is 5.56 Å². The number of hydrogen-bond acceptors (Lipinski definition) is 1. The largest absolute Gasteiger partial charge is 0.382 e. The van der Waals surface area contributed by atoms with Crippen molar-refractivity contribution in [2.45, 2.75) is 31.7 Å². The van der Waals surface area contributed by atoms with Crippen molar-refractivity contribution in [3.05, 3.63) is 64.4 Å². The number of halogens is 2. The minimum absolute atomic E-state index is 0.182. The molecule has 0 amide bonds. The predicted octanol–water partition coefficient (Wildman–Crippen LogP) is 5.15. The van der Waals surface area contributed by atoms with Crippen molar-refractivity contribution in [2.24, 2.45) is 0 Å². The summed E-state index contributed by atoms with van der Waals surface area (Å²) in [6, 6.07) is 13.5. The number of rotatable bonds is 3. The molecule has 0 atom stereocenters. The summed E-state index contributed by atoms with van der Waals surface area (Å²) in [4.78, 5) is 0. The molecule has 1 N–H and O–H groups in total. The second-order valence-electron chi connectivity index (χ2n) is 5.58. The van der Waals surface area contributed by atoms with Crippen molar-refractivity contribution in [2.75, 3.05) is 5.32 Å². The normalized spacial score (nSPS) is 21.4. The number of hydrogen-bond donors (Lipinski definition) is 1. The molecular formula is C17H17ClFN. The smallest absolute Gasteiger partial charge is 0.125 e. The van der Waals surface area contributed by atoms with E-state index >= 15 is 0 Å². The van der Waals surface area contributed by atoms with Crippen LogP contribution in [0.25, 0.3) is 0 Å². The Hall–Kier alpha value is -1.54. The van der Waals surface area contributed by atoms with E-state index in [9.17, 15) is 4.39 Å². The predicted molar refractivity (Wildman–Crippen MR) is 82.0 cm³/mol. The summed E-state index contributed by atoms with van der Waals surface area (Å²) in [7, 11) is 0. The van der Waals surface area contributed by atoms with Gasteiger partial charge in [-0.25, -0.2) is 4.39 Å². The van der Waals surface area contributed by atoms with Crippen LogP contribution in [0.3, 0.4) is 0 Å². The fourth-order valence-corrected chi connectivity index (χ4v) is 3.02. The Labute approximate surface area is 123 Å². The lowest BCUT2D eigenvalue weighted by molar-refractivity contribution is 0.374. The lowest BCUT2D eigenvalue weighted by Crippen LogP contribution is -2.34. The third kappa shape index (κ3) is 2.96. The van der Waals surface area contributed by atoms with Crippen molar-refractivity contribution in [1.29, 1.82) is 0 Å². The number of benzene rings is 2. The van der Waals surface area contributed by atoms with E-state index in [0.717, 1.165) is 29.1 Å². The molecule has 1 fully saturated rings. The second-order valence-corrected chi connectivity index (χ2v) is 6.02. The quantitative estimate of drug-likeness (QED) is 0.824. The van der Waals surface area contributed by atoms with Crippen LogP contribution in [0.15, 0.2) is 42.5 Å². The summed E-state index contributed by atoms with van der Waals surface area (Å²) >= 11 is 6.01. The SMILES string of the molecule is Cc1cc(F)cc(NC2CC(c3cccc(Cl)c3)C2)c1. The topological polar surface area (TPSA) is 12.0 Å². The number of anilines is 1. The zero-order chi connectivity index (χ0) is 14.1. The Morgan fingerprint density at radius 2 is 1.95 bits per heavy atom. The van der Waals surface area contributed by atoms with Crippen LogP contribution in [0.2, 0.25) is 5.02 Å². The van der Waals surface area contributed by atoms with Crippen LogP contribution >= 0.6 is 11.6 Å². The Balaban J connectivity index is 1.61. The van der Waals surface area contributed by atoms with Crippen LogP contribution in [0.4, 0.5) is 10.1 Å². The van der Waals surface area contributed by atoms with Crippen molar-refractivity contribution < 1.29 is 4.39 Å². The van der Waals surface area contributed by atoms with E-state index in [1.807, 2.05) is 31.2 Å². The Kier molecular flexibility index (Phi) is 3.66. The van der Waals surface area contributed by atoms with E-state index in [-0.39, 0.29) is 5.82 Å². The minimum Gasteiger partial charge on any atom is -0.382 e. The number of aryl methyl sites for hydroxylation is 1. The molecule has 0 bridgehead atoms. The van der Waals surface area contributed by atoms with Crippen molar-refractivity contribution in [3.8, 4) is 0 Å². The molecule has 0 saturated heterocycles. The molecule has 2 aromatic carbocycles. The van der Waals surface area contributed by atoms with Gasteiger partial charge in [-0.1, -0.05) is 23.7 Å². The van der Waals surface area contributed by atoms with Crippen molar-refractivity contribution in [1.82, 2.24) is 0 Å². The van der Waals surface area contributed by atoms with Gasteiger partial charge in [-0.3, -0.25) is 0 Å². The van der Waals surface area contributed by atoms with E-state index < -0.39 is 0 Å². The summed E-state index contributed by atoms with van der Waals surface area (Å²) in [5.74, 6) is 0.374. The molecule has 104 valence electrons. The third-order valence-electron chi connectivity index (χ3n) is 3.87. The molecule has 0 aliphatic heterocycles. The molecular weight excluding hydrogens is 273 g/mol. The molecule has 1 aliphatic rings. The Morgan fingerprint density at radius 1 is 1.15 bits per heavy atom. The van der Waals surface area contributed by atoms with Gasteiger partial charge in [0.15, 0.2) is 0 Å². The van der Waals surface area contributed by atoms with Gasteiger partial charge >= 0.3 is 0 Å². The lowest BCUT2D eigenvalue weighted by atomic mass is 9.76. The van der Waals surface area contributed by atoms with E-state index in [0.29, 0.717) is 12.0 Å². The zero-order valence-corrected chi connectivity index (χ0v) is 12.1. The first-order chi connectivity index (χ1) is 9.60. The van der Waals surface area contributed by atoms with Crippen molar-refractivity contribution in [3.63, 3.8) is 0 Å². The molecule has 20 heavy (non-hydrogen) atoms. The van der Waals surface area contributed by atoms with Crippen LogP contribution in [0.5, 0.6) is 0 Å². The second kappa shape index (κ2) is 5.45. The average molecular weight is 290 g/mol. The molecule has 0 aromatic heterocycles. The fraction of sp³-hybridized carbons (Fsp3) is 0.294. The highest BCUT2D eigenvalue weighted by Crippen LogP contribution is 2.39. The van der Waals surface area contributed by atoms with Gasteiger partial charge in [0.25, 0.3) is 0 Å². The van der Waals surface area contributed by atoms with Gasteiger partial charge in [0, 0.05) is 16.8 Å². The first-order valence-corrected chi connectivity index (χ1v) is 7.27. The zero-order valence-electron chi connectivity index (χ0n) is 11.4. The summed E-state index contributed by atoms with van der Waals surface area (Å²) in [6.07, 6.45) is 2.13. The summed E-state index contributed by atoms with van der Waals surface area (Å²) < 4.78 is 13.3. The Bertz CT molecular complexity index is 600. The fourth-order valence-electron chi connectivity index (χ4n) is 2.82. The summed E-state index contributed by atoms with van der Waals surface area (Å²) in [6.45, 7) is 1.91. The maximum atomic E-state index is 13.3. The van der Waals surface area contributed by atoms with E-state index in [1.54, 1.807) is 12.1 Å². The van der Waals surface area contributed by atoms with Gasteiger partial charge < -0.3 is 5.32 Å². The molecule has 1 aliphatic carbocycles. The lowest BCUT2D eigenvalue weighted by Gasteiger charge is -2.37. The third-order valence-corrected chi connectivity index (χ3v) is 4.11. The number of nitrogens with one attached hydrogen (secondary N) is 1. The monoisotopic (exact) mass is 289 g/mol. The molecule has 1 nitrogen and oxygen atoms in total. The molecule has 1 saturated carbocycles. The van der Waals surface area contributed by atoms with Crippen molar-refractivity contribution >= 4 is 17.3 Å². The Morgan fingerprint density at radius 3 is 2.65 bits per heavy atom. The standard InChI is InChI=1S/C17H17ClFN/c1-11-5-15(19)10-16(6-11)20-17-8-13(9-17)12-3-2-4-14(18)7-12/h2-7,10,13,17,20H,8-9H2,1H3. The maximum absolute atomic E-state index is 13.3. The summed E-state index contributed by atoms with van der Waals surface area (Å²) in [5, 5.41) is 4.19. The van der Waals surface area contributed by atoms with Crippen LogP contribution in [-0.2, 0) is 0 Å². The van der Waals surface area contributed by atoms with Gasteiger partial charge in [-0.05, 0) is 67.1 Å². The molecule has 0 radical (unpaired) electrons. The van der Waals surface area contributed by atoms with Gasteiger partial charge in [-0.2, -0.15) is 0 Å². The van der Waals surface area contributed by atoms with Crippen LogP contribution < -0.4 is 5.32 Å². The molecule has 3 rings (SSSR count). The van der Waals surface area contributed by atoms with Crippen LogP contribution in [0, 0.1) is 12.7 Å². The van der Waals surface area contributed by atoms with Crippen LogP contribution in [-0.4, -0.2) is 6.04 Å². The van der Waals surface area contributed by atoms with Gasteiger partial charge in [0.05, 0.1) is 0 Å². The molecule has 2 aromatic rings. The molecule has 0 heterocycles. The highest BCUT2D eigenvalue weighted by Gasteiger charge is 2.30. The molecule has 0 unspecified atom stereocenters. The van der Waals surface area contributed by atoms with E-state index in [4.69, 9.17) is 11.6 Å². The van der Waals surface area contributed by atoms with Gasteiger partial charge in [0.1, 0.15) is 5.82 Å². The first kappa shape index (κ1) is 13.4.